The Bertz CT molecular complexity index is 710. The zero-order chi connectivity index (χ0) is 15.9. The number of anilines is 1. The highest BCUT2D eigenvalue weighted by atomic mass is 16.6. The molecule has 0 unspecified atom stereocenters. The fraction of sp³-hybridized carbons (Fsp3) is 0.529. The maximum atomic E-state index is 12.1. The smallest absolute Gasteiger partial charge is 0.410 e. The van der Waals surface area contributed by atoms with Gasteiger partial charge in [-0.05, 0) is 32.9 Å². The number of hydrogen-bond donors (Lipinski definition) is 1. The molecule has 0 aromatic heterocycles. The first-order valence-corrected chi connectivity index (χ1v) is 7.84. The second-order valence-corrected chi connectivity index (χ2v) is 7.05. The van der Waals surface area contributed by atoms with Crippen molar-refractivity contribution in [1.82, 2.24) is 9.48 Å². The van der Waals surface area contributed by atoms with E-state index in [9.17, 15) is 4.79 Å². The number of piperidine rings is 1. The summed E-state index contributed by atoms with van der Waals surface area (Å²) in [6.45, 7) is 7.17. The van der Waals surface area contributed by atoms with Crippen molar-refractivity contribution in [2.75, 3.05) is 18.8 Å². The van der Waals surface area contributed by atoms with E-state index >= 15 is 0 Å². The molecule has 1 saturated heterocycles. The summed E-state index contributed by atoms with van der Waals surface area (Å²) >= 11 is 0. The molecule has 2 heterocycles. The SMILES string of the molecule is CC(C)(C)OC(=O)N1CCC([N+]2=c3cc(N)ccc3=C2)CC1. The van der Waals surface area contributed by atoms with Crippen molar-refractivity contribution in [3.05, 3.63) is 28.8 Å². The molecule has 2 aliphatic rings. The molecule has 1 aromatic rings. The quantitative estimate of drug-likeness (QED) is 0.620. The number of hydrogen-bond acceptors (Lipinski definition) is 3. The molecule has 22 heavy (non-hydrogen) atoms. The molecule has 5 nitrogen and oxygen atoms in total. The molecule has 0 saturated carbocycles. The number of nitrogens with zero attached hydrogens (tertiary/aromatic N) is 2. The van der Waals surface area contributed by atoms with Gasteiger partial charge in [0.1, 0.15) is 10.8 Å². The van der Waals surface area contributed by atoms with Crippen LogP contribution in [0.15, 0.2) is 18.2 Å². The maximum Gasteiger partial charge on any atom is 0.410 e. The van der Waals surface area contributed by atoms with Crippen LogP contribution >= 0.6 is 0 Å². The molecule has 0 bridgehead atoms. The number of nitrogen functional groups attached to an aromatic ring is 1. The molecular weight excluding hydrogens is 278 g/mol. The summed E-state index contributed by atoms with van der Waals surface area (Å²) in [6, 6.07) is 6.44. The molecule has 2 N–H and O–H groups in total. The second-order valence-electron chi connectivity index (χ2n) is 7.05. The normalized spacial score (nSPS) is 18.3. The molecule has 0 radical (unpaired) electrons. The molecule has 0 spiro atoms. The zero-order valence-electron chi connectivity index (χ0n) is 13.5. The lowest BCUT2D eigenvalue weighted by Crippen LogP contribution is -2.55. The summed E-state index contributed by atoms with van der Waals surface area (Å²) in [4.78, 5) is 13.9. The number of carbonyl (C=O) groups is 1. The number of carbonyl (C=O) groups excluding carboxylic acids is 1. The maximum absolute atomic E-state index is 12.1. The lowest BCUT2D eigenvalue weighted by molar-refractivity contribution is 0.0197. The van der Waals surface area contributed by atoms with Crippen molar-refractivity contribution in [3.63, 3.8) is 0 Å². The van der Waals surface area contributed by atoms with E-state index in [-0.39, 0.29) is 6.09 Å². The Labute approximate surface area is 130 Å². The summed E-state index contributed by atoms with van der Waals surface area (Å²) in [5.41, 5.74) is 6.22. The van der Waals surface area contributed by atoms with Crippen LogP contribution in [-0.2, 0) is 4.74 Å². The molecule has 5 heteroatoms. The number of fused-ring (bicyclic) bond motifs is 1. The summed E-state index contributed by atoms with van der Waals surface area (Å²) < 4.78 is 7.72. The van der Waals surface area contributed by atoms with Crippen LogP contribution in [0.1, 0.15) is 33.6 Å². The van der Waals surface area contributed by atoms with Gasteiger partial charge in [0.15, 0.2) is 12.2 Å². The third-order valence-electron chi connectivity index (χ3n) is 4.12. The first kappa shape index (κ1) is 14.9. The third kappa shape index (κ3) is 2.93. The number of ether oxygens (including phenoxy) is 1. The lowest BCUT2D eigenvalue weighted by Gasteiger charge is -2.32. The van der Waals surface area contributed by atoms with Gasteiger partial charge in [0.05, 0.1) is 0 Å². The average Bonchev–Trinajstić information content (AvgIpc) is 2.41. The first-order chi connectivity index (χ1) is 10.3. The van der Waals surface area contributed by atoms with E-state index in [2.05, 4.69) is 16.8 Å². The topological polar surface area (TPSA) is 58.6 Å². The Morgan fingerprint density at radius 1 is 1.32 bits per heavy atom. The molecule has 0 aliphatic carbocycles. The summed E-state index contributed by atoms with van der Waals surface area (Å²) in [5, 5.41) is 2.44. The minimum atomic E-state index is -0.435. The predicted molar refractivity (Wildman–Crippen MR) is 86.6 cm³/mol. The Balaban J connectivity index is 1.64. The highest BCUT2D eigenvalue weighted by Gasteiger charge is 2.33. The number of likely N-dealkylation sites (tertiary alicyclic amines) is 1. The Morgan fingerprint density at radius 3 is 2.64 bits per heavy atom. The number of amides is 1. The molecule has 0 atom stereocenters. The van der Waals surface area contributed by atoms with Gasteiger partial charge >= 0.3 is 6.09 Å². The van der Waals surface area contributed by atoms with Crippen molar-refractivity contribution < 1.29 is 9.53 Å². The van der Waals surface area contributed by atoms with E-state index in [1.165, 1.54) is 10.6 Å². The largest absolute Gasteiger partial charge is 0.444 e. The highest BCUT2D eigenvalue weighted by Crippen LogP contribution is 2.17. The molecular formula is C17H24N3O2+. The van der Waals surface area contributed by atoms with Crippen LogP contribution in [0.4, 0.5) is 10.5 Å². The van der Waals surface area contributed by atoms with Crippen LogP contribution in [0.5, 0.6) is 0 Å². The average molecular weight is 302 g/mol. The zero-order valence-corrected chi connectivity index (χ0v) is 13.5. The first-order valence-electron chi connectivity index (χ1n) is 7.84. The van der Waals surface area contributed by atoms with Gasteiger partial charge in [0.25, 0.3) is 0 Å². The van der Waals surface area contributed by atoms with Gasteiger partial charge in [-0.25, -0.2) is 4.79 Å². The Hall–Kier alpha value is -2.04. The van der Waals surface area contributed by atoms with E-state index in [1.54, 1.807) is 0 Å². The minimum Gasteiger partial charge on any atom is -0.444 e. The van der Waals surface area contributed by atoms with Crippen LogP contribution in [0.3, 0.4) is 0 Å². The van der Waals surface area contributed by atoms with Gasteiger partial charge in [0, 0.05) is 37.7 Å². The van der Waals surface area contributed by atoms with Gasteiger partial charge in [-0.15, -0.1) is 0 Å². The molecule has 118 valence electrons. The van der Waals surface area contributed by atoms with Crippen LogP contribution < -0.4 is 20.9 Å². The standard InChI is InChI=1S/C17H23N3O2/c1-17(2,3)22-16(21)19-8-6-14(7-9-19)20-11-12-4-5-13(18)10-15(12)20/h4-5,10-11,14,18H,6-9H2,1-3H3/p+1. The fourth-order valence-electron chi connectivity index (χ4n) is 3.00. The molecule has 1 fully saturated rings. The van der Waals surface area contributed by atoms with E-state index < -0.39 is 5.60 Å². The van der Waals surface area contributed by atoms with Crippen molar-refractivity contribution in [3.8, 4) is 0 Å². The fourth-order valence-corrected chi connectivity index (χ4v) is 3.00. The van der Waals surface area contributed by atoms with Crippen molar-refractivity contribution in [1.29, 1.82) is 0 Å². The van der Waals surface area contributed by atoms with Crippen LogP contribution in [-0.4, -0.2) is 35.7 Å². The molecule has 2 aliphatic heterocycles. The van der Waals surface area contributed by atoms with Crippen molar-refractivity contribution in [2.24, 2.45) is 0 Å². The minimum absolute atomic E-state index is 0.205. The molecule has 3 rings (SSSR count). The van der Waals surface area contributed by atoms with Gasteiger partial charge in [-0.2, -0.15) is 4.58 Å². The van der Waals surface area contributed by atoms with Gasteiger partial charge in [-0.3, -0.25) is 0 Å². The highest BCUT2D eigenvalue weighted by molar-refractivity contribution is 5.68. The van der Waals surface area contributed by atoms with Gasteiger partial charge in [-0.1, -0.05) is 0 Å². The van der Waals surface area contributed by atoms with Crippen LogP contribution in [0, 0.1) is 0 Å². The van der Waals surface area contributed by atoms with E-state index in [1.807, 2.05) is 37.8 Å². The van der Waals surface area contributed by atoms with Crippen LogP contribution in [0.25, 0.3) is 6.20 Å². The van der Waals surface area contributed by atoms with E-state index in [0.717, 1.165) is 31.6 Å². The second kappa shape index (κ2) is 5.30. The van der Waals surface area contributed by atoms with E-state index in [4.69, 9.17) is 10.5 Å². The Kier molecular flexibility index (Phi) is 3.59. The van der Waals surface area contributed by atoms with Crippen molar-refractivity contribution >= 4 is 18.0 Å². The third-order valence-corrected chi connectivity index (χ3v) is 4.12. The molecule has 1 amide bonds. The summed E-state index contributed by atoms with van der Waals surface area (Å²) in [6.07, 6.45) is 3.86. The molecule has 1 aromatic carbocycles. The van der Waals surface area contributed by atoms with Crippen molar-refractivity contribution in [2.45, 2.75) is 45.3 Å². The predicted octanol–water partition coefficient (Wildman–Crippen LogP) is 0.911. The number of rotatable bonds is 1. The monoisotopic (exact) mass is 302 g/mol. The Morgan fingerprint density at radius 2 is 2.00 bits per heavy atom. The van der Waals surface area contributed by atoms with Gasteiger partial charge in [0.2, 0.25) is 5.36 Å². The number of nitrogens with two attached hydrogens (primary N) is 1. The van der Waals surface area contributed by atoms with Crippen LogP contribution in [0.2, 0.25) is 0 Å². The lowest BCUT2D eigenvalue weighted by atomic mass is 10.0. The summed E-state index contributed by atoms with van der Waals surface area (Å²) in [7, 11) is 0. The number of benzene rings is 1. The summed E-state index contributed by atoms with van der Waals surface area (Å²) in [5.74, 6) is 0. The van der Waals surface area contributed by atoms with Gasteiger partial charge < -0.3 is 15.4 Å². The van der Waals surface area contributed by atoms with E-state index in [0.29, 0.717) is 6.04 Å².